The van der Waals surface area contributed by atoms with E-state index >= 15 is 0 Å². The van der Waals surface area contributed by atoms with Crippen LogP contribution in [0.25, 0.3) is 0 Å². The highest BCUT2D eigenvalue weighted by molar-refractivity contribution is 5.16. The zero-order chi connectivity index (χ0) is 13.8. The molecule has 0 radical (unpaired) electrons. The van der Waals surface area contributed by atoms with Crippen molar-refractivity contribution >= 4 is 0 Å². The fraction of sp³-hybridized carbons (Fsp3) is 0.667. The van der Waals surface area contributed by atoms with E-state index in [1.807, 2.05) is 12.4 Å². The minimum atomic E-state index is 0.323. The van der Waals surface area contributed by atoms with Gasteiger partial charge in [0.1, 0.15) is 0 Å². The van der Waals surface area contributed by atoms with Gasteiger partial charge < -0.3 is 10.5 Å². The van der Waals surface area contributed by atoms with Crippen LogP contribution in [0.2, 0.25) is 0 Å². The lowest BCUT2D eigenvalue weighted by molar-refractivity contribution is 0.0176. The number of morpholine rings is 1. The summed E-state index contributed by atoms with van der Waals surface area (Å²) >= 11 is 0. The maximum Gasteiger partial charge on any atom is 0.0594 e. The Morgan fingerprint density at radius 3 is 2.70 bits per heavy atom. The third-order valence-electron chi connectivity index (χ3n) is 4.51. The van der Waals surface area contributed by atoms with E-state index in [2.05, 4.69) is 26.9 Å². The van der Waals surface area contributed by atoms with E-state index in [1.165, 1.54) is 12.0 Å². The normalized spacial score (nSPS) is 26.8. The van der Waals surface area contributed by atoms with Gasteiger partial charge in [-0.05, 0) is 24.1 Å². The lowest BCUT2D eigenvalue weighted by Crippen LogP contribution is -2.45. The zero-order valence-electron chi connectivity index (χ0n) is 11.9. The van der Waals surface area contributed by atoms with Gasteiger partial charge in [-0.3, -0.25) is 14.8 Å². The first-order chi connectivity index (χ1) is 9.88. The van der Waals surface area contributed by atoms with E-state index < -0.39 is 0 Å². The molecule has 2 aliphatic rings. The molecule has 5 nitrogen and oxygen atoms in total. The largest absolute Gasteiger partial charge is 0.379 e. The number of rotatable bonds is 4. The number of pyridine rings is 1. The number of ether oxygens (including phenoxy) is 1. The summed E-state index contributed by atoms with van der Waals surface area (Å²) in [5, 5.41) is 0. The predicted octanol–water partition coefficient (Wildman–Crippen LogP) is 0.488. The summed E-state index contributed by atoms with van der Waals surface area (Å²) in [5.41, 5.74) is 7.30. The van der Waals surface area contributed by atoms with Crippen LogP contribution in [-0.2, 0) is 4.74 Å². The molecule has 0 saturated carbocycles. The summed E-state index contributed by atoms with van der Waals surface area (Å²) in [4.78, 5) is 9.19. The Labute approximate surface area is 120 Å². The molecule has 0 aromatic carbocycles. The summed E-state index contributed by atoms with van der Waals surface area (Å²) in [6, 6.07) is 5.15. The van der Waals surface area contributed by atoms with Crippen LogP contribution in [0.5, 0.6) is 0 Å². The van der Waals surface area contributed by atoms with Gasteiger partial charge in [-0.2, -0.15) is 0 Å². The number of likely N-dealkylation sites (tertiary alicyclic amines) is 1. The predicted molar refractivity (Wildman–Crippen MR) is 78.4 cm³/mol. The Balaban J connectivity index is 1.63. The van der Waals surface area contributed by atoms with Crippen molar-refractivity contribution < 1.29 is 4.74 Å². The fourth-order valence-electron chi connectivity index (χ4n) is 3.37. The highest BCUT2D eigenvalue weighted by Crippen LogP contribution is 2.26. The minimum absolute atomic E-state index is 0.323. The van der Waals surface area contributed by atoms with Gasteiger partial charge >= 0.3 is 0 Å². The van der Waals surface area contributed by atoms with Crippen molar-refractivity contribution in [2.24, 2.45) is 5.73 Å². The molecule has 2 atom stereocenters. The van der Waals surface area contributed by atoms with Gasteiger partial charge in [0.25, 0.3) is 0 Å². The molecule has 2 N–H and O–H groups in total. The molecule has 0 spiro atoms. The average Bonchev–Trinajstić information content (AvgIpc) is 3.00. The maximum absolute atomic E-state index is 6.01. The third-order valence-corrected chi connectivity index (χ3v) is 4.51. The molecule has 110 valence electrons. The Morgan fingerprint density at radius 1 is 1.25 bits per heavy atom. The van der Waals surface area contributed by atoms with Gasteiger partial charge in [-0.25, -0.2) is 0 Å². The molecule has 1 aromatic rings. The molecule has 0 amide bonds. The van der Waals surface area contributed by atoms with Crippen molar-refractivity contribution in [3.05, 3.63) is 30.1 Å². The smallest absolute Gasteiger partial charge is 0.0594 e. The highest BCUT2D eigenvalue weighted by atomic mass is 16.5. The molecule has 3 rings (SSSR count). The van der Waals surface area contributed by atoms with Crippen molar-refractivity contribution in [3.8, 4) is 0 Å². The molecule has 3 heterocycles. The van der Waals surface area contributed by atoms with Crippen LogP contribution in [0.15, 0.2) is 24.5 Å². The van der Waals surface area contributed by atoms with Gasteiger partial charge in [-0.1, -0.05) is 0 Å². The first kappa shape index (κ1) is 13.9. The van der Waals surface area contributed by atoms with Crippen molar-refractivity contribution in [1.29, 1.82) is 0 Å². The Kier molecular flexibility index (Phi) is 4.62. The van der Waals surface area contributed by atoms with Crippen LogP contribution in [0.4, 0.5) is 0 Å². The van der Waals surface area contributed by atoms with Gasteiger partial charge in [0.05, 0.1) is 13.2 Å². The maximum atomic E-state index is 6.01. The topological polar surface area (TPSA) is 54.6 Å². The summed E-state index contributed by atoms with van der Waals surface area (Å²) in [6.07, 6.45) is 4.95. The molecule has 1 aromatic heterocycles. The monoisotopic (exact) mass is 276 g/mol. The van der Waals surface area contributed by atoms with Gasteiger partial charge in [0.2, 0.25) is 0 Å². The van der Waals surface area contributed by atoms with Gasteiger partial charge in [0, 0.05) is 57.2 Å². The fourth-order valence-corrected chi connectivity index (χ4v) is 3.37. The molecule has 2 fully saturated rings. The molecular formula is C15H24N4O. The zero-order valence-corrected chi connectivity index (χ0v) is 11.9. The first-order valence-corrected chi connectivity index (χ1v) is 7.54. The lowest BCUT2D eigenvalue weighted by Gasteiger charge is -2.33. The molecule has 20 heavy (non-hydrogen) atoms. The Morgan fingerprint density at radius 2 is 2.00 bits per heavy atom. The summed E-state index contributed by atoms with van der Waals surface area (Å²) in [5.74, 6) is 0. The van der Waals surface area contributed by atoms with Crippen molar-refractivity contribution in [1.82, 2.24) is 14.8 Å². The average molecular weight is 276 g/mol. The second-order valence-electron chi connectivity index (χ2n) is 5.62. The molecular weight excluding hydrogens is 252 g/mol. The van der Waals surface area contributed by atoms with Crippen LogP contribution in [-0.4, -0.2) is 66.8 Å². The van der Waals surface area contributed by atoms with Crippen LogP contribution in [0, 0.1) is 0 Å². The summed E-state index contributed by atoms with van der Waals surface area (Å²) < 4.78 is 5.44. The number of hydrogen-bond donors (Lipinski definition) is 1. The second kappa shape index (κ2) is 6.63. The molecule has 2 saturated heterocycles. The highest BCUT2D eigenvalue weighted by Gasteiger charge is 2.32. The second-order valence-corrected chi connectivity index (χ2v) is 5.62. The Bertz CT molecular complexity index is 408. The van der Waals surface area contributed by atoms with Crippen LogP contribution in [0.3, 0.4) is 0 Å². The SMILES string of the molecule is NCC(c1ccncc1)N1CCC(N2CCOCC2)C1. The lowest BCUT2D eigenvalue weighted by atomic mass is 10.1. The van der Waals surface area contributed by atoms with E-state index in [9.17, 15) is 0 Å². The third kappa shape index (κ3) is 3.01. The van der Waals surface area contributed by atoms with Crippen molar-refractivity contribution in [2.75, 3.05) is 45.9 Å². The quantitative estimate of drug-likeness (QED) is 0.867. The van der Waals surface area contributed by atoms with Crippen LogP contribution >= 0.6 is 0 Å². The van der Waals surface area contributed by atoms with Crippen molar-refractivity contribution in [2.45, 2.75) is 18.5 Å². The number of aromatic nitrogens is 1. The molecule has 0 aliphatic carbocycles. The van der Waals surface area contributed by atoms with E-state index in [4.69, 9.17) is 10.5 Å². The summed E-state index contributed by atoms with van der Waals surface area (Å²) in [7, 11) is 0. The molecule has 0 bridgehead atoms. The summed E-state index contributed by atoms with van der Waals surface area (Å²) in [6.45, 7) is 6.81. The van der Waals surface area contributed by atoms with E-state index in [-0.39, 0.29) is 0 Å². The Hall–Kier alpha value is -1.01. The van der Waals surface area contributed by atoms with Crippen LogP contribution in [0.1, 0.15) is 18.0 Å². The number of hydrogen-bond acceptors (Lipinski definition) is 5. The van der Waals surface area contributed by atoms with Gasteiger partial charge in [-0.15, -0.1) is 0 Å². The molecule has 2 aliphatic heterocycles. The van der Waals surface area contributed by atoms with E-state index in [1.54, 1.807) is 0 Å². The van der Waals surface area contributed by atoms with Crippen LogP contribution < -0.4 is 5.73 Å². The number of nitrogens with two attached hydrogens (primary N) is 1. The minimum Gasteiger partial charge on any atom is -0.379 e. The number of nitrogens with zero attached hydrogens (tertiary/aromatic N) is 3. The van der Waals surface area contributed by atoms with E-state index in [0.717, 1.165) is 39.4 Å². The molecule has 2 unspecified atom stereocenters. The first-order valence-electron chi connectivity index (χ1n) is 7.54. The molecule has 5 heteroatoms. The van der Waals surface area contributed by atoms with E-state index in [0.29, 0.717) is 18.6 Å². The van der Waals surface area contributed by atoms with Gasteiger partial charge in [0.15, 0.2) is 0 Å². The van der Waals surface area contributed by atoms with Crippen molar-refractivity contribution in [3.63, 3.8) is 0 Å². The standard InChI is InChI=1S/C15H24N4O/c16-11-15(13-1-4-17-5-2-13)19-6-3-14(12-19)18-7-9-20-10-8-18/h1-2,4-5,14-15H,3,6-12,16H2.